The maximum absolute atomic E-state index is 13.4. The molecule has 1 heterocycles. The van der Waals surface area contributed by atoms with Crippen molar-refractivity contribution in [1.82, 2.24) is 0 Å². The van der Waals surface area contributed by atoms with Crippen molar-refractivity contribution in [1.29, 1.82) is 0 Å². The lowest BCUT2D eigenvalue weighted by molar-refractivity contribution is 0.0997. The van der Waals surface area contributed by atoms with Gasteiger partial charge < -0.3 is 9.73 Å². The summed E-state index contributed by atoms with van der Waals surface area (Å²) in [5.41, 5.74) is 6.27. The topological polar surface area (TPSA) is 42.2 Å². The van der Waals surface area contributed by atoms with Gasteiger partial charge in [0.15, 0.2) is 5.76 Å². The predicted molar refractivity (Wildman–Crippen MR) is 107 cm³/mol. The van der Waals surface area contributed by atoms with Gasteiger partial charge in [-0.3, -0.25) is 4.79 Å². The standard InChI is InChI=1S/C24H16FNO2/c25-18-6-3-5-16(13-18)22-10-11-23(28-22)24(27)26-19-8-9-21-17(14-19)12-15-4-1-2-7-20(15)21/h1-11,13-14H,12H2,(H,26,27). The molecule has 0 aliphatic heterocycles. The Labute approximate surface area is 161 Å². The van der Waals surface area contributed by atoms with Crippen molar-refractivity contribution in [2.45, 2.75) is 6.42 Å². The highest BCUT2D eigenvalue weighted by Gasteiger charge is 2.19. The number of benzene rings is 3. The van der Waals surface area contributed by atoms with Gasteiger partial charge in [0.2, 0.25) is 0 Å². The fraction of sp³-hybridized carbons (Fsp3) is 0.0417. The number of hydrogen-bond donors (Lipinski definition) is 1. The highest BCUT2D eigenvalue weighted by molar-refractivity contribution is 6.03. The quantitative estimate of drug-likeness (QED) is 0.430. The van der Waals surface area contributed by atoms with Crippen molar-refractivity contribution in [3.05, 3.63) is 102 Å². The number of fused-ring (bicyclic) bond motifs is 3. The van der Waals surface area contributed by atoms with E-state index in [0.29, 0.717) is 11.3 Å². The zero-order chi connectivity index (χ0) is 19.1. The first-order valence-corrected chi connectivity index (χ1v) is 9.06. The molecule has 1 aliphatic carbocycles. The van der Waals surface area contributed by atoms with Crippen LogP contribution in [-0.4, -0.2) is 5.91 Å². The number of amides is 1. The normalized spacial score (nSPS) is 11.8. The first kappa shape index (κ1) is 16.5. The Morgan fingerprint density at radius 1 is 0.857 bits per heavy atom. The first-order valence-electron chi connectivity index (χ1n) is 9.06. The van der Waals surface area contributed by atoms with E-state index in [1.807, 2.05) is 30.3 Å². The van der Waals surface area contributed by atoms with Gasteiger partial charge in [-0.1, -0.05) is 42.5 Å². The minimum atomic E-state index is -0.348. The number of furan rings is 1. The number of anilines is 1. The van der Waals surface area contributed by atoms with Crippen LogP contribution in [0.4, 0.5) is 10.1 Å². The number of carbonyl (C=O) groups excluding carboxylic acids is 1. The molecule has 28 heavy (non-hydrogen) atoms. The summed E-state index contributed by atoms with van der Waals surface area (Å²) in [6, 6.07) is 23.6. The zero-order valence-electron chi connectivity index (χ0n) is 14.9. The summed E-state index contributed by atoms with van der Waals surface area (Å²) in [7, 11) is 0. The molecule has 5 rings (SSSR count). The molecule has 0 fully saturated rings. The summed E-state index contributed by atoms with van der Waals surface area (Å²) in [5.74, 6) is -0.0470. The van der Waals surface area contributed by atoms with Gasteiger partial charge in [0.1, 0.15) is 11.6 Å². The Morgan fingerprint density at radius 2 is 1.71 bits per heavy atom. The first-order chi connectivity index (χ1) is 13.7. The van der Waals surface area contributed by atoms with E-state index in [4.69, 9.17) is 4.42 Å². The van der Waals surface area contributed by atoms with E-state index in [0.717, 1.165) is 12.1 Å². The Bertz CT molecular complexity index is 1210. The van der Waals surface area contributed by atoms with Gasteiger partial charge >= 0.3 is 0 Å². The molecular weight excluding hydrogens is 353 g/mol. The van der Waals surface area contributed by atoms with Crippen LogP contribution in [0.3, 0.4) is 0 Å². The molecule has 0 saturated heterocycles. The smallest absolute Gasteiger partial charge is 0.291 e. The van der Waals surface area contributed by atoms with E-state index in [9.17, 15) is 9.18 Å². The van der Waals surface area contributed by atoms with Gasteiger partial charge in [0.05, 0.1) is 0 Å². The van der Waals surface area contributed by atoms with E-state index >= 15 is 0 Å². The molecule has 1 aromatic heterocycles. The molecule has 0 bridgehead atoms. The third kappa shape index (κ3) is 2.89. The number of halogens is 1. The fourth-order valence-electron chi connectivity index (χ4n) is 3.67. The second kappa shape index (κ2) is 6.50. The highest BCUT2D eigenvalue weighted by Crippen LogP contribution is 2.37. The average Bonchev–Trinajstić information content (AvgIpc) is 3.33. The monoisotopic (exact) mass is 369 g/mol. The molecule has 0 unspecified atom stereocenters. The van der Waals surface area contributed by atoms with Gasteiger partial charge in [-0.2, -0.15) is 0 Å². The highest BCUT2D eigenvalue weighted by atomic mass is 19.1. The Balaban J connectivity index is 1.36. The van der Waals surface area contributed by atoms with Crippen LogP contribution in [0.2, 0.25) is 0 Å². The molecule has 136 valence electrons. The maximum Gasteiger partial charge on any atom is 0.291 e. The molecular formula is C24H16FNO2. The summed E-state index contributed by atoms with van der Waals surface area (Å²) in [6.07, 6.45) is 0.861. The third-order valence-electron chi connectivity index (χ3n) is 4.99. The lowest BCUT2D eigenvalue weighted by atomic mass is 10.1. The van der Waals surface area contributed by atoms with E-state index in [1.54, 1.807) is 24.3 Å². The Kier molecular flexibility index (Phi) is 3.83. The third-order valence-corrected chi connectivity index (χ3v) is 4.99. The van der Waals surface area contributed by atoms with Crippen LogP contribution in [-0.2, 0) is 6.42 Å². The van der Waals surface area contributed by atoms with E-state index in [2.05, 4.69) is 17.4 Å². The van der Waals surface area contributed by atoms with Crippen molar-refractivity contribution in [2.24, 2.45) is 0 Å². The van der Waals surface area contributed by atoms with Crippen molar-refractivity contribution >= 4 is 11.6 Å². The fourth-order valence-corrected chi connectivity index (χ4v) is 3.67. The van der Waals surface area contributed by atoms with Crippen LogP contribution in [0, 0.1) is 5.82 Å². The SMILES string of the molecule is O=C(Nc1ccc2c(c1)Cc1ccccc1-2)c1ccc(-c2cccc(F)c2)o1. The number of rotatable bonds is 3. The molecule has 3 aromatic carbocycles. The van der Waals surface area contributed by atoms with E-state index in [1.165, 1.54) is 34.4 Å². The van der Waals surface area contributed by atoms with Crippen molar-refractivity contribution in [3.8, 4) is 22.5 Å². The number of hydrogen-bond acceptors (Lipinski definition) is 2. The molecule has 3 nitrogen and oxygen atoms in total. The minimum absolute atomic E-state index is 0.183. The van der Waals surface area contributed by atoms with Crippen LogP contribution in [0.1, 0.15) is 21.7 Å². The maximum atomic E-state index is 13.4. The summed E-state index contributed by atoms with van der Waals surface area (Å²) in [4.78, 5) is 12.6. The second-order valence-corrected chi connectivity index (χ2v) is 6.83. The number of nitrogens with one attached hydrogen (secondary N) is 1. The lowest BCUT2D eigenvalue weighted by Crippen LogP contribution is -2.10. The largest absolute Gasteiger partial charge is 0.451 e. The second-order valence-electron chi connectivity index (χ2n) is 6.83. The van der Waals surface area contributed by atoms with Crippen LogP contribution in [0.5, 0.6) is 0 Å². The molecule has 0 spiro atoms. The summed E-state index contributed by atoms with van der Waals surface area (Å²) in [6.45, 7) is 0. The van der Waals surface area contributed by atoms with Gasteiger partial charge in [-0.25, -0.2) is 4.39 Å². The van der Waals surface area contributed by atoms with Crippen molar-refractivity contribution in [3.63, 3.8) is 0 Å². The summed E-state index contributed by atoms with van der Waals surface area (Å²) >= 11 is 0. The lowest BCUT2D eigenvalue weighted by Gasteiger charge is -2.06. The Morgan fingerprint density at radius 3 is 2.61 bits per heavy atom. The van der Waals surface area contributed by atoms with E-state index in [-0.39, 0.29) is 17.5 Å². The molecule has 4 heteroatoms. The summed E-state index contributed by atoms with van der Waals surface area (Å²) < 4.78 is 19.0. The predicted octanol–water partition coefficient (Wildman–Crippen LogP) is 5.91. The molecule has 0 saturated carbocycles. The molecule has 4 aromatic rings. The van der Waals surface area contributed by atoms with Gasteiger partial charge in [0, 0.05) is 11.3 Å². The summed E-state index contributed by atoms with van der Waals surface area (Å²) in [5, 5.41) is 2.88. The zero-order valence-corrected chi connectivity index (χ0v) is 14.9. The minimum Gasteiger partial charge on any atom is -0.451 e. The van der Waals surface area contributed by atoms with Crippen LogP contribution in [0.15, 0.2) is 83.3 Å². The van der Waals surface area contributed by atoms with Gasteiger partial charge in [0.25, 0.3) is 5.91 Å². The average molecular weight is 369 g/mol. The molecule has 1 N–H and O–H groups in total. The van der Waals surface area contributed by atoms with Gasteiger partial charge in [-0.15, -0.1) is 0 Å². The van der Waals surface area contributed by atoms with Crippen LogP contribution in [0.25, 0.3) is 22.5 Å². The van der Waals surface area contributed by atoms with Crippen LogP contribution < -0.4 is 5.32 Å². The molecule has 0 radical (unpaired) electrons. The Hall–Kier alpha value is -3.66. The number of carbonyl (C=O) groups is 1. The van der Waals surface area contributed by atoms with Gasteiger partial charge in [-0.05, 0) is 65.1 Å². The molecule has 0 atom stereocenters. The van der Waals surface area contributed by atoms with Crippen LogP contribution >= 0.6 is 0 Å². The van der Waals surface area contributed by atoms with Crippen molar-refractivity contribution in [2.75, 3.05) is 5.32 Å². The molecule has 1 amide bonds. The van der Waals surface area contributed by atoms with Crippen molar-refractivity contribution < 1.29 is 13.6 Å². The van der Waals surface area contributed by atoms with E-state index < -0.39 is 0 Å². The molecule has 1 aliphatic rings.